The summed E-state index contributed by atoms with van der Waals surface area (Å²) in [4.78, 5) is 22.1. The Morgan fingerprint density at radius 3 is 2.46 bits per heavy atom. The fraction of sp³-hybridized carbons (Fsp3) is 0.167. The fourth-order valence-electron chi connectivity index (χ4n) is 2.29. The number of aryl methyl sites for hydroxylation is 1. The van der Waals surface area contributed by atoms with Crippen LogP contribution in [0.2, 0.25) is 10.0 Å². The van der Waals surface area contributed by atoms with Gasteiger partial charge in [-0.25, -0.2) is 9.98 Å². The zero-order valence-electron chi connectivity index (χ0n) is 15.4. The predicted octanol–water partition coefficient (Wildman–Crippen LogP) is 3.86. The Kier molecular flexibility index (Phi) is 7.17. The van der Waals surface area contributed by atoms with Gasteiger partial charge in [-0.3, -0.25) is 4.79 Å². The van der Waals surface area contributed by atoms with Crippen LogP contribution in [0.25, 0.3) is 0 Å². The molecule has 1 amide bonds. The number of aromatic hydroxyl groups is 1. The number of amides is 1. The fourth-order valence-corrected chi connectivity index (χ4v) is 2.79. The molecule has 148 valence electrons. The van der Waals surface area contributed by atoms with Crippen molar-refractivity contribution >= 4 is 65.0 Å². The van der Waals surface area contributed by atoms with Gasteiger partial charge >= 0.3 is 0 Å². The number of amidine groups is 2. The molecule has 28 heavy (non-hydrogen) atoms. The summed E-state index contributed by atoms with van der Waals surface area (Å²) in [5.74, 6) is -0.611. The number of phenolic OH excluding ortho intramolecular Hbond substituents is 1. The molecule has 0 aliphatic heterocycles. The van der Waals surface area contributed by atoms with Crippen LogP contribution in [0.1, 0.15) is 15.9 Å². The first-order chi connectivity index (χ1) is 13.2. The zero-order chi connectivity index (χ0) is 21.0. The zero-order valence-corrected chi connectivity index (χ0v) is 17.8. The van der Waals surface area contributed by atoms with E-state index in [1.165, 1.54) is 4.90 Å². The van der Waals surface area contributed by atoms with Gasteiger partial charge in [0.1, 0.15) is 5.69 Å². The van der Waals surface area contributed by atoms with Crippen molar-refractivity contribution in [2.75, 3.05) is 14.1 Å². The Morgan fingerprint density at radius 1 is 1.18 bits per heavy atom. The first kappa shape index (κ1) is 21.9. The molecule has 0 spiro atoms. The quantitative estimate of drug-likeness (QED) is 0.331. The van der Waals surface area contributed by atoms with Crippen LogP contribution in [-0.4, -0.2) is 41.7 Å². The number of nitrogens with zero attached hydrogens (tertiary/aromatic N) is 3. The molecule has 0 saturated carbocycles. The summed E-state index contributed by atoms with van der Waals surface area (Å²) < 4.78 is 2.53. The molecule has 0 aromatic heterocycles. The van der Waals surface area contributed by atoms with E-state index in [1.54, 1.807) is 51.4 Å². The Balaban J connectivity index is 2.51. The number of carbonyl (C=O) groups is 1. The first-order valence-electron chi connectivity index (χ1n) is 7.99. The van der Waals surface area contributed by atoms with Crippen LogP contribution in [0, 0.1) is 6.92 Å². The lowest BCUT2D eigenvalue weighted by atomic mass is 10.1. The molecule has 2 rings (SSSR count). The van der Waals surface area contributed by atoms with Gasteiger partial charge in [0, 0.05) is 14.1 Å². The monoisotopic (exact) mass is 439 g/mol. The molecule has 7 nitrogen and oxygen atoms in total. The average molecular weight is 440 g/mol. The van der Waals surface area contributed by atoms with E-state index in [1.807, 2.05) is 0 Å². The number of nitrogens with two attached hydrogens (primary N) is 1. The maximum absolute atomic E-state index is 12.3. The number of phenols is 1. The number of benzene rings is 2. The summed E-state index contributed by atoms with van der Waals surface area (Å²) in [6, 6.07) is 8.17. The van der Waals surface area contributed by atoms with Crippen molar-refractivity contribution < 1.29 is 9.90 Å². The van der Waals surface area contributed by atoms with E-state index in [9.17, 15) is 9.90 Å². The van der Waals surface area contributed by atoms with E-state index in [4.69, 9.17) is 28.9 Å². The summed E-state index contributed by atoms with van der Waals surface area (Å²) in [7, 11) is 3.19. The average Bonchev–Trinajstić information content (AvgIpc) is 2.65. The van der Waals surface area contributed by atoms with Gasteiger partial charge in [-0.15, -0.1) is 0 Å². The van der Waals surface area contributed by atoms with Crippen molar-refractivity contribution in [3.05, 3.63) is 51.5 Å². The van der Waals surface area contributed by atoms with Crippen LogP contribution in [0.4, 0.5) is 11.4 Å². The smallest absolute Gasteiger partial charge is 0.257 e. The van der Waals surface area contributed by atoms with E-state index in [-0.39, 0.29) is 39.6 Å². The van der Waals surface area contributed by atoms with Crippen molar-refractivity contribution in [1.29, 1.82) is 0 Å². The highest BCUT2D eigenvalue weighted by Crippen LogP contribution is 2.34. The number of hydrogen-bond acceptors (Lipinski definition) is 5. The predicted molar refractivity (Wildman–Crippen MR) is 118 cm³/mol. The largest absolute Gasteiger partial charge is 0.505 e. The van der Waals surface area contributed by atoms with Gasteiger partial charge in [0.2, 0.25) is 0 Å². The molecule has 0 fully saturated rings. The van der Waals surface area contributed by atoms with Crippen LogP contribution in [0.15, 0.2) is 40.3 Å². The molecule has 0 aliphatic rings. The summed E-state index contributed by atoms with van der Waals surface area (Å²) in [5.41, 5.74) is 7.25. The van der Waals surface area contributed by atoms with Gasteiger partial charge in [-0.05, 0) is 30.7 Å². The molecule has 0 saturated heterocycles. The minimum Gasteiger partial charge on any atom is -0.505 e. The van der Waals surface area contributed by atoms with Gasteiger partial charge in [0.25, 0.3) is 5.91 Å². The van der Waals surface area contributed by atoms with Crippen LogP contribution < -0.4 is 10.5 Å². The highest BCUT2D eigenvalue weighted by Gasteiger charge is 2.19. The first-order valence-corrected chi connectivity index (χ1v) is 9.19. The third kappa shape index (κ3) is 4.70. The van der Waals surface area contributed by atoms with Gasteiger partial charge < -0.3 is 20.5 Å². The third-order valence-electron chi connectivity index (χ3n) is 3.74. The summed E-state index contributed by atoms with van der Waals surface area (Å²) >= 11 is 16.1. The van der Waals surface area contributed by atoms with E-state index < -0.39 is 0 Å². The Hall–Kier alpha value is -2.42. The summed E-state index contributed by atoms with van der Waals surface area (Å²) in [6.45, 7) is 1.72. The van der Waals surface area contributed by atoms with E-state index >= 15 is 0 Å². The molecular formula is C18H19Cl2N5O2S. The SMILES string of the molecule is Cc1ccc(N=C(N)C(=Nc2cccc(Cl)c2Cl)NS)c(O)c1C(=O)N(C)C. The molecule has 0 atom stereocenters. The second-order valence-electron chi connectivity index (χ2n) is 5.97. The lowest BCUT2D eigenvalue weighted by Crippen LogP contribution is -2.31. The minimum atomic E-state index is -0.349. The van der Waals surface area contributed by atoms with E-state index in [0.717, 1.165) is 0 Å². The molecule has 0 radical (unpaired) electrons. The minimum absolute atomic E-state index is 0.0755. The highest BCUT2D eigenvalue weighted by atomic mass is 35.5. The lowest BCUT2D eigenvalue weighted by molar-refractivity contribution is 0.0824. The van der Waals surface area contributed by atoms with Crippen molar-refractivity contribution in [3.63, 3.8) is 0 Å². The molecule has 0 unspecified atom stereocenters. The van der Waals surface area contributed by atoms with Gasteiger partial charge in [-0.2, -0.15) is 0 Å². The number of carbonyl (C=O) groups excluding carboxylic acids is 1. The number of aliphatic imine (C=N–C) groups is 2. The number of nitrogens with one attached hydrogen (secondary N) is 1. The molecule has 4 N–H and O–H groups in total. The maximum Gasteiger partial charge on any atom is 0.257 e. The van der Waals surface area contributed by atoms with Crippen LogP contribution in [-0.2, 0) is 0 Å². The number of halogens is 2. The van der Waals surface area contributed by atoms with Gasteiger partial charge in [0.15, 0.2) is 17.4 Å². The normalized spacial score (nSPS) is 12.1. The number of thiol groups is 1. The Morgan fingerprint density at radius 2 is 1.86 bits per heavy atom. The van der Waals surface area contributed by atoms with Crippen LogP contribution in [0.5, 0.6) is 5.75 Å². The third-order valence-corrected chi connectivity index (χ3v) is 4.76. The summed E-state index contributed by atoms with van der Waals surface area (Å²) in [5, 5.41) is 11.1. The lowest BCUT2D eigenvalue weighted by Gasteiger charge is -2.15. The molecule has 10 heteroatoms. The summed E-state index contributed by atoms with van der Waals surface area (Å²) in [6.07, 6.45) is 0. The molecular weight excluding hydrogens is 421 g/mol. The maximum atomic E-state index is 12.3. The van der Waals surface area contributed by atoms with E-state index in [0.29, 0.717) is 16.3 Å². The van der Waals surface area contributed by atoms with Gasteiger partial charge in [0.05, 0.1) is 21.3 Å². The molecule has 0 heterocycles. The molecule has 2 aromatic carbocycles. The van der Waals surface area contributed by atoms with Crippen molar-refractivity contribution in [1.82, 2.24) is 9.62 Å². The second-order valence-corrected chi connectivity index (χ2v) is 6.98. The second kappa shape index (κ2) is 9.18. The van der Waals surface area contributed by atoms with Gasteiger partial charge in [-0.1, -0.05) is 48.1 Å². The van der Waals surface area contributed by atoms with Crippen LogP contribution >= 0.6 is 36.0 Å². The highest BCUT2D eigenvalue weighted by molar-refractivity contribution is 7.78. The van der Waals surface area contributed by atoms with Crippen molar-refractivity contribution in [3.8, 4) is 5.75 Å². The Bertz CT molecular complexity index is 977. The molecule has 0 bridgehead atoms. The molecule has 0 aliphatic carbocycles. The topological polar surface area (TPSA) is 103 Å². The van der Waals surface area contributed by atoms with Crippen molar-refractivity contribution in [2.24, 2.45) is 15.7 Å². The number of rotatable bonds is 3. The standard InChI is InChI=1S/C18H19Cl2N5O2S/c1-9-7-8-12(15(26)13(9)18(27)25(2)3)22-16(21)17(24-28)23-11-6-4-5-10(19)14(11)20/h4-8,26,28H,1-3H3,(H2,21,22)(H,23,24). The Labute approximate surface area is 178 Å². The van der Waals surface area contributed by atoms with E-state index in [2.05, 4.69) is 27.5 Å². The van der Waals surface area contributed by atoms with Crippen LogP contribution in [0.3, 0.4) is 0 Å². The number of hydrogen-bond donors (Lipinski definition) is 4. The van der Waals surface area contributed by atoms with Crippen molar-refractivity contribution in [2.45, 2.75) is 6.92 Å². The molecule has 2 aromatic rings.